The summed E-state index contributed by atoms with van der Waals surface area (Å²) in [6, 6.07) is 0.368. The molecule has 6 nitrogen and oxygen atoms in total. The van der Waals surface area contributed by atoms with E-state index in [2.05, 4.69) is 15.7 Å². The first-order valence-corrected chi connectivity index (χ1v) is 5.04. The summed E-state index contributed by atoms with van der Waals surface area (Å²) in [4.78, 5) is 15.1. The largest absolute Gasteiger partial charge is 0.370 e. The van der Waals surface area contributed by atoms with Crippen LogP contribution in [0.1, 0.15) is 33.1 Å². The average molecular weight is 213 g/mol. The van der Waals surface area contributed by atoms with Crippen LogP contribution in [-0.2, 0) is 4.79 Å². The van der Waals surface area contributed by atoms with Gasteiger partial charge in [-0.15, -0.1) is 0 Å². The molecular weight excluding hydrogens is 194 g/mol. The minimum Gasteiger partial charge on any atom is -0.370 e. The molecule has 0 unspecified atom stereocenters. The average Bonchev–Trinajstić information content (AvgIpc) is 2.83. The molecule has 0 heterocycles. The van der Waals surface area contributed by atoms with Crippen LogP contribution in [0.5, 0.6) is 0 Å². The van der Waals surface area contributed by atoms with Crippen LogP contribution in [0.2, 0.25) is 0 Å². The van der Waals surface area contributed by atoms with Crippen molar-refractivity contribution in [3.63, 3.8) is 0 Å². The maximum absolute atomic E-state index is 10.8. The zero-order chi connectivity index (χ0) is 11.5. The molecule has 0 bridgehead atoms. The van der Waals surface area contributed by atoms with Gasteiger partial charge in [0.1, 0.15) is 0 Å². The Labute approximate surface area is 89.5 Å². The molecular formula is C9H19N5O. The van der Waals surface area contributed by atoms with E-state index in [0.717, 1.165) is 12.8 Å². The lowest BCUT2D eigenvalue weighted by Crippen LogP contribution is -2.52. The highest BCUT2D eigenvalue weighted by Crippen LogP contribution is 2.23. The Morgan fingerprint density at radius 3 is 2.53 bits per heavy atom. The van der Waals surface area contributed by atoms with Crippen molar-refractivity contribution in [2.24, 2.45) is 16.6 Å². The number of guanidine groups is 1. The maximum atomic E-state index is 10.8. The number of carbonyl (C=O) groups excluding carboxylic acids is 1. The van der Waals surface area contributed by atoms with Gasteiger partial charge in [-0.1, -0.05) is 0 Å². The van der Waals surface area contributed by atoms with E-state index < -0.39 is 5.54 Å². The summed E-state index contributed by atoms with van der Waals surface area (Å²) >= 11 is 0. The summed E-state index contributed by atoms with van der Waals surface area (Å²) in [5.74, 6) is 5.49. The SMILES string of the molecule is CC(C)(CC(N)=O)NC(=NC1CC1)NN. The lowest BCUT2D eigenvalue weighted by Gasteiger charge is -2.26. The van der Waals surface area contributed by atoms with Crippen molar-refractivity contribution in [2.45, 2.75) is 44.7 Å². The van der Waals surface area contributed by atoms with Gasteiger partial charge < -0.3 is 11.1 Å². The van der Waals surface area contributed by atoms with Gasteiger partial charge in [-0.25, -0.2) is 10.8 Å². The van der Waals surface area contributed by atoms with Crippen molar-refractivity contribution in [1.82, 2.24) is 10.7 Å². The van der Waals surface area contributed by atoms with E-state index in [-0.39, 0.29) is 12.3 Å². The molecule has 0 saturated heterocycles. The number of amides is 1. The number of hydrogen-bond donors (Lipinski definition) is 4. The zero-order valence-electron chi connectivity index (χ0n) is 9.21. The molecule has 0 aromatic rings. The Hall–Kier alpha value is -1.30. The molecule has 6 heteroatoms. The molecule has 0 radical (unpaired) electrons. The summed E-state index contributed by atoms with van der Waals surface area (Å²) in [7, 11) is 0. The maximum Gasteiger partial charge on any atom is 0.219 e. The highest BCUT2D eigenvalue weighted by molar-refractivity contribution is 5.82. The van der Waals surface area contributed by atoms with E-state index in [4.69, 9.17) is 11.6 Å². The minimum absolute atomic E-state index is 0.234. The van der Waals surface area contributed by atoms with Gasteiger partial charge in [-0.3, -0.25) is 10.2 Å². The molecule has 1 aliphatic carbocycles. The smallest absolute Gasteiger partial charge is 0.219 e. The second-order valence-corrected chi connectivity index (χ2v) is 4.51. The van der Waals surface area contributed by atoms with Crippen molar-refractivity contribution in [3.8, 4) is 0 Å². The van der Waals surface area contributed by atoms with Crippen molar-refractivity contribution < 1.29 is 4.79 Å². The summed E-state index contributed by atoms with van der Waals surface area (Å²) < 4.78 is 0. The second-order valence-electron chi connectivity index (χ2n) is 4.51. The molecule has 1 amide bonds. The molecule has 0 atom stereocenters. The Morgan fingerprint density at radius 2 is 2.13 bits per heavy atom. The number of primary amides is 1. The van der Waals surface area contributed by atoms with Crippen LogP contribution in [0.25, 0.3) is 0 Å². The number of nitrogens with two attached hydrogens (primary N) is 2. The van der Waals surface area contributed by atoms with E-state index >= 15 is 0 Å². The third kappa shape index (κ3) is 4.64. The quantitative estimate of drug-likeness (QED) is 0.212. The number of nitrogens with one attached hydrogen (secondary N) is 2. The van der Waals surface area contributed by atoms with Gasteiger partial charge >= 0.3 is 0 Å². The Morgan fingerprint density at radius 1 is 1.53 bits per heavy atom. The first-order valence-electron chi connectivity index (χ1n) is 5.04. The lowest BCUT2D eigenvalue weighted by molar-refractivity contribution is -0.119. The van der Waals surface area contributed by atoms with Crippen molar-refractivity contribution >= 4 is 11.9 Å². The van der Waals surface area contributed by atoms with Crippen LogP contribution in [0, 0.1) is 0 Å². The van der Waals surface area contributed by atoms with E-state index in [1.54, 1.807) is 0 Å². The summed E-state index contributed by atoms with van der Waals surface area (Å²) in [5, 5.41) is 3.06. The molecule has 0 aliphatic heterocycles. The van der Waals surface area contributed by atoms with Gasteiger partial charge in [0.15, 0.2) is 0 Å². The van der Waals surface area contributed by atoms with Crippen molar-refractivity contribution in [1.29, 1.82) is 0 Å². The number of rotatable bonds is 4. The van der Waals surface area contributed by atoms with E-state index in [0.29, 0.717) is 12.0 Å². The Balaban J connectivity index is 2.52. The van der Waals surface area contributed by atoms with Crippen molar-refractivity contribution in [3.05, 3.63) is 0 Å². The topological polar surface area (TPSA) is 106 Å². The minimum atomic E-state index is -0.439. The first-order chi connectivity index (χ1) is 6.93. The summed E-state index contributed by atoms with van der Waals surface area (Å²) in [6.45, 7) is 3.75. The molecule has 1 fully saturated rings. The molecule has 0 spiro atoms. The second kappa shape index (κ2) is 4.48. The summed E-state index contributed by atoms with van der Waals surface area (Å²) in [6.07, 6.45) is 2.44. The molecule has 1 rings (SSSR count). The number of carbonyl (C=O) groups is 1. The van der Waals surface area contributed by atoms with Crippen LogP contribution < -0.4 is 22.3 Å². The Kier molecular flexibility index (Phi) is 3.52. The fourth-order valence-corrected chi connectivity index (χ4v) is 1.29. The normalized spacial score (nSPS) is 17.4. The number of aliphatic imine (C=N–C) groups is 1. The molecule has 6 N–H and O–H groups in total. The van der Waals surface area contributed by atoms with Gasteiger partial charge in [0.05, 0.1) is 6.04 Å². The number of nitrogens with zero attached hydrogens (tertiary/aromatic N) is 1. The van der Waals surface area contributed by atoms with Crippen LogP contribution in [0.15, 0.2) is 4.99 Å². The molecule has 1 aliphatic rings. The fraction of sp³-hybridized carbons (Fsp3) is 0.778. The van der Waals surface area contributed by atoms with Crippen LogP contribution in [0.4, 0.5) is 0 Å². The molecule has 0 aromatic heterocycles. The van der Waals surface area contributed by atoms with Gasteiger partial charge in [0.2, 0.25) is 11.9 Å². The van der Waals surface area contributed by atoms with Gasteiger partial charge in [-0.05, 0) is 26.7 Å². The van der Waals surface area contributed by atoms with Crippen LogP contribution in [-0.4, -0.2) is 23.4 Å². The predicted octanol–water partition coefficient (Wildman–Crippen LogP) is -0.788. The van der Waals surface area contributed by atoms with Gasteiger partial charge in [0.25, 0.3) is 0 Å². The highest BCUT2D eigenvalue weighted by atomic mass is 16.1. The van der Waals surface area contributed by atoms with E-state index in [1.165, 1.54) is 0 Å². The fourth-order valence-electron chi connectivity index (χ4n) is 1.29. The predicted molar refractivity (Wildman–Crippen MR) is 58.8 cm³/mol. The summed E-state index contributed by atoms with van der Waals surface area (Å²) in [5.41, 5.74) is 7.19. The first kappa shape index (κ1) is 11.8. The van der Waals surface area contributed by atoms with E-state index in [1.807, 2.05) is 13.8 Å². The number of hydrogen-bond acceptors (Lipinski definition) is 3. The third-order valence-corrected chi connectivity index (χ3v) is 2.07. The zero-order valence-corrected chi connectivity index (χ0v) is 9.21. The highest BCUT2D eigenvalue weighted by Gasteiger charge is 2.25. The molecule has 86 valence electrons. The monoisotopic (exact) mass is 213 g/mol. The molecule has 15 heavy (non-hydrogen) atoms. The lowest BCUT2D eigenvalue weighted by atomic mass is 10.0. The number of hydrazine groups is 1. The van der Waals surface area contributed by atoms with Crippen molar-refractivity contribution in [2.75, 3.05) is 0 Å². The van der Waals surface area contributed by atoms with Crippen LogP contribution >= 0.6 is 0 Å². The molecule has 0 aromatic carbocycles. The van der Waals surface area contributed by atoms with Gasteiger partial charge in [-0.2, -0.15) is 0 Å². The molecule has 1 saturated carbocycles. The van der Waals surface area contributed by atoms with E-state index in [9.17, 15) is 4.79 Å². The van der Waals surface area contributed by atoms with Crippen LogP contribution in [0.3, 0.4) is 0 Å². The van der Waals surface area contributed by atoms with Gasteiger partial charge in [0, 0.05) is 12.0 Å². The third-order valence-electron chi connectivity index (χ3n) is 2.07. The standard InChI is InChI=1S/C9H19N5O/c1-9(2,5-7(10)15)13-8(14-11)12-6-3-4-6/h6H,3-5,11H2,1-2H3,(H2,10,15)(H2,12,13,14). The Bertz CT molecular complexity index is 270.